The van der Waals surface area contributed by atoms with Gasteiger partial charge in [0, 0.05) is 13.6 Å². The van der Waals surface area contributed by atoms with Gasteiger partial charge in [-0.05, 0) is 11.1 Å². The molecule has 5 nitrogen and oxygen atoms in total. The maximum atomic E-state index is 12.4. The summed E-state index contributed by atoms with van der Waals surface area (Å²) in [4.78, 5) is 26.0. The van der Waals surface area contributed by atoms with Gasteiger partial charge >= 0.3 is 0 Å². The Morgan fingerprint density at radius 3 is 2.08 bits per heavy atom. The third-order valence-corrected chi connectivity index (χ3v) is 3.66. The molecule has 0 bridgehead atoms. The van der Waals surface area contributed by atoms with E-state index in [1.54, 1.807) is 7.05 Å². The van der Waals surface area contributed by atoms with Crippen molar-refractivity contribution in [3.63, 3.8) is 0 Å². The van der Waals surface area contributed by atoms with Crippen molar-refractivity contribution >= 4 is 11.8 Å². The fourth-order valence-electron chi connectivity index (χ4n) is 2.41. The van der Waals surface area contributed by atoms with Crippen molar-refractivity contribution in [2.24, 2.45) is 0 Å². The summed E-state index contributed by atoms with van der Waals surface area (Å²) >= 11 is 0. The highest BCUT2D eigenvalue weighted by atomic mass is 16.3. The number of nitrogens with one attached hydrogen (secondary N) is 1. The molecule has 2 aromatic carbocycles. The minimum absolute atomic E-state index is 0.174. The van der Waals surface area contributed by atoms with E-state index < -0.39 is 12.6 Å². The summed E-state index contributed by atoms with van der Waals surface area (Å²) in [6, 6.07) is 17.9. The van der Waals surface area contributed by atoms with Gasteiger partial charge in [-0.1, -0.05) is 60.7 Å². The number of nitrogens with zero attached hydrogens (tertiary/aromatic N) is 1. The molecule has 2 N–H and O–H groups in total. The second-order valence-electron chi connectivity index (χ2n) is 5.64. The summed E-state index contributed by atoms with van der Waals surface area (Å²) in [6.45, 7) is -0.0107. The Kier molecular flexibility index (Phi) is 6.51. The summed E-state index contributed by atoms with van der Waals surface area (Å²) in [5, 5.41) is 12.1. The Labute approximate surface area is 141 Å². The molecule has 2 amide bonds. The molecular formula is C19H22N2O3. The highest BCUT2D eigenvalue weighted by Crippen LogP contribution is 2.05. The third kappa shape index (κ3) is 5.21. The van der Waals surface area contributed by atoms with E-state index in [1.165, 1.54) is 4.90 Å². The van der Waals surface area contributed by atoms with Crippen molar-refractivity contribution in [3.05, 3.63) is 71.8 Å². The molecule has 0 spiro atoms. The lowest BCUT2D eigenvalue weighted by molar-refractivity contribution is -0.136. The predicted molar refractivity (Wildman–Crippen MR) is 92.1 cm³/mol. The molecule has 0 aliphatic heterocycles. The molecule has 0 heterocycles. The van der Waals surface area contributed by atoms with Crippen LogP contribution in [0.15, 0.2) is 60.7 Å². The van der Waals surface area contributed by atoms with E-state index in [-0.39, 0.29) is 18.2 Å². The standard InChI is InChI=1S/C19H22N2O3/c1-21(13-16-10-6-3-7-11-16)19(24)17(14-22)20-18(23)12-15-8-4-2-5-9-15/h2-11,17,22H,12-14H2,1H3,(H,20,23)/t17-/m0/s1. The number of amides is 2. The number of carbonyl (C=O) groups is 2. The summed E-state index contributed by atoms with van der Waals surface area (Å²) in [7, 11) is 1.65. The summed E-state index contributed by atoms with van der Waals surface area (Å²) in [5.41, 5.74) is 1.84. The lowest BCUT2D eigenvalue weighted by Gasteiger charge is -2.23. The molecule has 0 aliphatic carbocycles. The Morgan fingerprint density at radius 1 is 1.00 bits per heavy atom. The second kappa shape index (κ2) is 8.84. The van der Waals surface area contributed by atoms with Crippen molar-refractivity contribution in [1.82, 2.24) is 10.2 Å². The molecular weight excluding hydrogens is 304 g/mol. The van der Waals surface area contributed by atoms with Gasteiger partial charge in [0.25, 0.3) is 0 Å². The maximum absolute atomic E-state index is 12.4. The number of hydrogen-bond acceptors (Lipinski definition) is 3. The molecule has 0 saturated heterocycles. The lowest BCUT2D eigenvalue weighted by Crippen LogP contribution is -2.49. The molecule has 0 aromatic heterocycles. The monoisotopic (exact) mass is 326 g/mol. The number of hydrogen-bond donors (Lipinski definition) is 2. The molecule has 2 rings (SSSR count). The molecule has 0 saturated carbocycles. The van der Waals surface area contributed by atoms with Crippen LogP contribution in [0.5, 0.6) is 0 Å². The summed E-state index contributed by atoms with van der Waals surface area (Å²) in [6.07, 6.45) is 0.174. The van der Waals surface area contributed by atoms with Crippen LogP contribution in [0.2, 0.25) is 0 Å². The van der Waals surface area contributed by atoms with Crippen molar-refractivity contribution in [3.8, 4) is 0 Å². The lowest BCUT2D eigenvalue weighted by atomic mass is 10.1. The molecule has 2 aromatic rings. The molecule has 126 valence electrons. The van der Waals surface area contributed by atoms with E-state index in [4.69, 9.17) is 0 Å². The van der Waals surface area contributed by atoms with Gasteiger partial charge in [-0.25, -0.2) is 0 Å². The normalized spacial score (nSPS) is 11.6. The van der Waals surface area contributed by atoms with Gasteiger partial charge < -0.3 is 15.3 Å². The van der Waals surface area contributed by atoms with E-state index in [1.807, 2.05) is 60.7 Å². The first-order valence-electron chi connectivity index (χ1n) is 7.83. The van der Waals surface area contributed by atoms with Gasteiger partial charge in [0.15, 0.2) is 0 Å². The Morgan fingerprint density at radius 2 is 1.54 bits per heavy atom. The molecule has 0 aliphatic rings. The van der Waals surface area contributed by atoms with Crippen molar-refractivity contribution < 1.29 is 14.7 Å². The average Bonchev–Trinajstić information content (AvgIpc) is 2.60. The smallest absolute Gasteiger partial charge is 0.247 e. The maximum Gasteiger partial charge on any atom is 0.247 e. The predicted octanol–water partition coefficient (Wildman–Crippen LogP) is 1.36. The number of benzene rings is 2. The summed E-state index contributed by atoms with van der Waals surface area (Å²) in [5.74, 6) is -0.607. The number of aliphatic hydroxyl groups excluding tert-OH is 1. The minimum Gasteiger partial charge on any atom is -0.394 e. The zero-order valence-electron chi connectivity index (χ0n) is 13.7. The van der Waals surface area contributed by atoms with Gasteiger partial charge in [-0.2, -0.15) is 0 Å². The van der Waals surface area contributed by atoms with Gasteiger partial charge in [-0.15, -0.1) is 0 Å². The van der Waals surface area contributed by atoms with Crippen LogP contribution in [0.25, 0.3) is 0 Å². The average molecular weight is 326 g/mol. The molecule has 0 fully saturated rings. The zero-order valence-corrected chi connectivity index (χ0v) is 13.7. The molecule has 0 unspecified atom stereocenters. The molecule has 5 heteroatoms. The first-order valence-corrected chi connectivity index (χ1v) is 7.83. The SMILES string of the molecule is CN(Cc1ccccc1)C(=O)[C@H](CO)NC(=O)Cc1ccccc1. The largest absolute Gasteiger partial charge is 0.394 e. The Balaban J connectivity index is 1.91. The molecule has 24 heavy (non-hydrogen) atoms. The van der Waals surface area contributed by atoms with Crippen molar-refractivity contribution in [1.29, 1.82) is 0 Å². The minimum atomic E-state index is -0.935. The van der Waals surface area contributed by atoms with Crippen LogP contribution in [0.1, 0.15) is 11.1 Å². The number of carbonyl (C=O) groups excluding carboxylic acids is 2. The van der Waals surface area contributed by atoms with Crippen molar-refractivity contribution in [2.45, 2.75) is 19.0 Å². The van der Waals surface area contributed by atoms with Crippen molar-refractivity contribution in [2.75, 3.05) is 13.7 Å². The Hall–Kier alpha value is -2.66. The molecule has 1 atom stereocenters. The summed E-state index contributed by atoms with van der Waals surface area (Å²) < 4.78 is 0. The number of rotatable bonds is 7. The first kappa shape index (κ1) is 17.7. The highest BCUT2D eigenvalue weighted by Gasteiger charge is 2.23. The van der Waals surface area contributed by atoms with Crippen LogP contribution in [0.4, 0.5) is 0 Å². The first-order chi connectivity index (χ1) is 11.6. The number of likely N-dealkylation sites (N-methyl/N-ethyl adjacent to an activating group) is 1. The quantitative estimate of drug-likeness (QED) is 0.807. The van der Waals surface area contributed by atoms with Crippen LogP contribution in [0, 0.1) is 0 Å². The highest BCUT2D eigenvalue weighted by molar-refractivity contribution is 5.88. The van der Waals surface area contributed by atoms with Gasteiger partial charge in [0.2, 0.25) is 11.8 Å². The molecule has 0 radical (unpaired) electrons. The third-order valence-electron chi connectivity index (χ3n) is 3.66. The van der Waals surface area contributed by atoms with Gasteiger partial charge in [0.1, 0.15) is 6.04 Å². The van der Waals surface area contributed by atoms with Crippen LogP contribution in [-0.2, 0) is 22.6 Å². The van der Waals surface area contributed by atoms with Crippen LogP contribution < -0.4 is 5.32 Å². The van der Waals surface area contributed by atoms with E-state index in [0.717, 1.165) is 11.1 Å². The second-order valence-corrected chi connectivity index (χ2v) is 5.64. The van der Waals surface area contributed by atoms with E-state index in [9.17, 15) is 14.7 Å². The fraction of sp³-hybridized carbons (Fsp3) is 0.263. The Bertz CT molecular complexity index is 659. The van der Waals surface area contributed by atoms with Crippen LogP contribution in [0.3, 0.4) is 0 Å². The van der Waals surface area contributed by atoms with Crippen LogP contribution in [-0.4, -0.2) is 41.5 Å². The van der Waals surface area contributed by atoms with Gasteiger partial charge in [0.05, 0.1) is 13.0 Å². The van der Waals surface area contributed by atoms with E-state index >= 15 is 0 Å². The van der Waals surface area contributed by atoms with E-state index in [2.05, 4.69) is 5.32 Å². The topological polar surface area (TPSA) is 69.6 Å². The van der Waals surface area contributed by atoms with Gasteiger partial charge in [-0.3, -0.25) is 9.59 Å². The fourth-order valence-corrected chi connectivity index (χ4v) is 2.41. The zero-order chi connectivity index (χ0) is 17.4. The number of aliphatic hydroxyl groups is 1. The van der Waals surface area contributed by atoms with Crippen LogP contribution >= 0.6 is 0 Å². The van der Waals surface area contributed by atoms with E-state index in [0.29, 0.717) is 6.54 Å².